The number of halogens is 6. The molecule has 2 N–H and O–H groups in total. The molecule has 0 aliphatic carbocycles. The van der Waals surface area contributed by atoms with E-state index in [2.05, 4.69) is 28.2 Å². The number of thiophene rings is 1. The van der Waals surface area contributed by atoms with Crippen LogP contribution in [-0.4, -0.2) is 104 Å². The van der Waals surface area contributed by atoms with Crippen LogP contribution in [0, 0.1) is 18.3 Å². The van der Waals surface area contributed by atoms with Crippen LogP contribution in [0.25, 0.3) is 0 Å². The number of hydrogen-bond donors (Lipinski definition) is 2. The van der Waals surface area contributed by atoms with Crippen LogP contribution in [0.3, 0.4) is 0 Å². The monoisotopic (exact) mass is 580 g/mol. The van der Waals surface area contributed by atoms with Gasteiger partial charge in [-0.1, -0.05) is 0 Å². The van der Waals surface area contributed by atoms with Crippen molar-refractivity contribution in [3.63, 3.8) is 0 Å². The van der Waals surface area contributed by atoms with E-state index < -0.39 is 24.3 Å². The van der Waals surface area contributed by atoms with Gasteiger partial charge in [0.15, 0.2) is 0 Å². The van der Waals surface area contributed by atoms with Gasteiger partial charge in [0.2, 0.25) is 0 Å². The number of carbonyl (C=O) groups is 2. The highest BCUT2D eigenvalue weighted by molar-refractivity contribution is 7.10. The van der Waals surface area contributed by atoms with Gasteiger partial charge in [0.25, 0.3) is 0 Å². The zero-order valence-corrected chi connectivity index (χ0v) is 22.2. The third-order valence-electron chi connectivity index (χ3n) is 6.53. The summed E-state index contributed by atoms with van der Waals surface area (Å²) in [5.74, 6) is -4.84. The number of rotatable bonds is 7. The molecule has 0 aromatic carbocycles. The molecule has 2 aliphatic rings. The van der Waals surface area contributed by atoms with E-state index in [0.717, 1.165) is 26.3 Å². The third kappa shape index (κ3) is 11.0. The zero-order chi connectivity index (χ0) is 29.1. The first kappa shape index (κ1) is 34.1. The molecule has 1 atom stereocenters. The fourth-order valence-corrected chi connectivity index (χ4v) is 5.41. The molecule has 8 nitrogen and oxygen atoms in total. The number of methoxy groups -OCH3 is 2. The quantitative estimate of drug-likeness (QED) is 0.465. The number of hydrogen-bond acceptors (Lipinski definition) is 7. The summed E-state index contributed by atoms with van der Waals surface area (Å²) in [6.45, 7) is 11.0. The third-order valence-corrected chi connectivity index (χ3v) is 7.54. The van der Waals surface area contributed by atoms with E-state index >= 15 is 0 Å². The van der Waals surface area contributed by atoms with E-state index in [-0.39, 0.29) is 0 Å². The van der Waals surface area contributed by atoms with Gasteiger partial charge in [-0.2, -0.15) is 26.3 Å². The Kier molecular flexibility index (Phi) is 13.5. The van der Waals surface area contributed by atoms with Crippen LogP contribution in [0.1, 0.15) is 23.3 Å². The maximum absolute atomic E-state index is 10.6. The molecular formula is C23H34F6N2O6S. The molecule has 15 heteroatoms. The van der Waals surface area contributed by atoms with E-state index in [4.69, 9.17) is 29.3 Å². The van der Waals surface area contributed by atoms with Crippen molar-refractivity contribution < 1.29 is 55.6 Å². The second-order valence-electron chi connectivity index (χ2n) is 9.15. The summed E-state index contributed by atoms with van der Waals surface area (Å²) >= 11 is 1.90. The molecular weight excluding hydrogens is 546 g/mol. The molecule has 0 amide bonds. The summed E-state index contributed by atoms with van der Waals surface area (Å²) in [5.41, 5.74) is 1.90. The zero-order valence-electron chi connectivity index (χ0n) is 21.4. The van der Waals surface area contributed by atoms with Gasteiger partial charge in [-0.15, -0.1) is 11.3 Å². The summed E-state index contributed by atoms with van der Waals surface area (Å²) in [6.07, 6.45) is -7.57. The molecule has 1 aromatic rings. The second-order valence-corrected chi connectivity index (χ2v) is 10.2. The number of ether oxygens (including phenoxy) is 2. The minimum atomic E-state index is -5.08. The second kappa shape index (κ2) is 15.0. The fourth-order valence-electron chi connectivity index (χ4n) is 4.46. The number of carboxylic acid groups (broad SMARTS) is 2. The molecule has 220 valence electrons. The van der Waals surface area contributed by atoms with Gasteiger partial charge in [-0.25, -0.2) is 9.59 Å². The maximum Gasteiger partial charge on any atom is 0.490 e. The lowest BCUT2D eigenvalue weighted by molar-refractivity contribution is -0.193. The lowest BCUT2D eigenvalue weighted by Crippen LogP contribution is -2.45. The van der Waals surface area contributed by atoms with Gasteiger partial charge in [0.1, 0.15) is 0 Å². The Morgan fingerprint density at radius 1 is 1.03 bits per heavy atom. The van der Waals surface area contributed by atoms with Crippen molar-refractivity contribution in [2.24, 2.45) is 11.3 Å². The van der Waals surface area contributed by atoms with E-state index in [9.17, 15) is 26.3 Å². The number of alkyl halides is 6. The SMILES string of the molecule is COCCN1CC(COC)C2(CCN(Cc3sccc3C)CC2)C1.O=C(O)C(F)(F)F.O=C(O)C(F)(F)F. The molecule has 2 saturated heterocycles. The Hall–Kier alpha value is -1.94. The molecule has 3 rings (SSSR count). The summed E-state index contributed by atoms with van der Waals surface area (Å²) in [5, 5.41) is 16.5. The number of nitrogens with zero attached hydrogens (tertiary/aromatic N) is 2. The van der Waals surface area contributed by atoms with E-state index in [1.165, 1.54) is 49.5 Å². The van der Waals surface area contributed by atoms with Crippen LogP contribution in [-0.2, 0) is 25.6 Å². The van der Waals surface area contributed by atoms with E-state index in [1.54, 1.807) is 7.11 Å². The Labute approximate surface area is 221 Å². The van der Waals surface area contributed by atoms with Crippen LogP contribution < -0.4 is 0 Å². The minimum Gasteiger partial charge on any atom is -0.475 e. The van der Waals surface area contributed by atoms with Crippen molar-refractivity contribution in [3.05, 3.63) is 21.9 Å². The van der Waals surface area contributed by atoms with Crippen molar-refractivity contribution in [2.45, 2.75) is 38.7 Å². The smallest absolute Gasteiger partial charge is 0.475 e. The Morgan fingerprint density at radius 2 is 1.55 bits per heavy atom. The van der Waals surface area contributed by atoms with E-state index in [1.807, 2.05) is 18.4 Å². The number of aryl methyl sites for hydroxylation is 1. The van der Waals surface area contributed by atoms with Crippen molar-refractivity contribution >= 4 is 23.3 Å². The Bertz CT molecular complexity index is 847. The highest BCUT2D eigenvalue weighted by Crippen LogP contribution is 2.45. The first-order valence-corrected chi connectivity index (χ1v) is 12.5. The van der Waals surface area contributed by atoms with Crippen molar-refractivity contribution in [3.8, 4) is 0 Å². The molecule has 1 unspecified atom stereocenters. The average Bonchev–Trinajstić information content (AvgIpc) is 3.37. The van der Waals surface area contributed by atoms with Crippen molar-refractivity contribution in [1.29, 1.82) is 0 Å². The summed E-state index contributed by atoms with van der Waals surface area (Å²) < 4.78 is 74.3. The number of piperidine rings is 1. The fraction of sp³-hybridized carbons (Fsp3) is 0.739. The normalized spacial score (nSPS) is 19.9. The van der Waals surface area contributed by atoms with Crippen LogP contribution >= 0.6 is 11.3 Å². The van der Waals surface area contributed by atoms with Gasteiger partial charge in [0.05, 0.1) is 13.2 Å². The minimum absolute atomic E-state index is 0.449. The molecule has 0 radical (unpaired) electrons. The van der Waals surface area contributed by atoms with Crippen LogP contribution in [0.5, 0.6) is 0 Å². The summed E-state index contributed by atoms with van der Waals surface area (Å²) in [7, 11) is 3.64. The van der Waals surface area contributed by atoms with Crippen LogP contribution in [0.15, 0.2) is 11.4 Å². The highest BCUT2D eigenvalue weighted by atomic mass is 32.1. The van der Waals surface area contributed by atoms with Gasteiger partial charge in [0, 0.05) is 51.2 Å². The Morgan fingerprint density at radius 3 is 1.95 bits per heavy atom. The van der Waals surface area contributed by atoms with Crippen LogP contribution in [0.2, 0.25) is 0 Å². The molecule has 1 spiro atoms. The van der Waals surface area contributed by atoms with Gasteiger partial charge in [-0.05, 0) is 55.3 Å². The number of aliphatic carboxylic acids is 2. The lowest BCUT2D eigenvalue weighted by atomic mass is 9.71. The van der Waals surface area contributed by atoms with Gasteiger partial charge in [-0.3, -0.25) is 4.90 Å². The lowest BCUT2D eigenvalue weighted by Gasteiger charge is -2.42. The molecule has 1 aromatic heterocycles. The molecule has 38 heavy (non-hydrogen) atoms. The van der Waals surface area contributed by atoms with Crippen molar-refractivity contribution in [2.75, 3.05) is 60.2 Å². The number of carboxylic acids is 2. The van der Waals surface area contributed by atoms with Crippen LogP contribution in [0.4, 0.5) is 26.3 Å². The largest absolute Gasteiger partial charge is 0.490 e. The predicted octanol–water partition coefficient (Wildman–Crippen LogP) is 4.13. The van der Waals surface area contributed by atoms with Gasteiger partial charge >= 0.3 is 24.3 Å². The van der Waals surface area contributed by atoms with Gasteiger partial charge < -0.3 is 24.6 Å². The first-order valence-electron chi connectivity index (χ1n) is 11.6. The number of likely N-dealkylation sites (tertiary alicyclic amines) is 2. The van der Waals surface area contributed by atoms with Crippen molar-refractivity contribution in [1.82, 2.24) is 9.80 Å². The predicted molar refractivity (Wildman–Crippen MR) is 127 cm³/mol. The molecule has 0 bridgehead atoms. The Balaban J connectivity index is 0.000000426. The first-order chi connectivity index (χ1) is 17.6. The molecule has 2 fully saturated rings. The molecule has 0 saturated carbocycles. The standard InChI is InChI=1S/C19H32N2O2S.2C2HF3O2/c1-16-4-11-24-18(16)13-20-7-5-19(6-8-20)15-21(9-10-22-2)12-17(19)14-23-3;2*3-2(4,5)1(6)7/h4,11,17H,5-10,12-15H2,1-3H3;2*(H,6,7). The topological polar surface area (TPSA) is 99.5 Å². The van der Waals surface area contributed by atoms with E-state index in [0.29, 0.717) is 11.3 Å². The highest BCUT2D eigenvalue weighted by Gasteiger charge is 2.47. The maximum atomic E-state index is 10.6. The molecule has 2 aliphatic heterocycles. The summed E-state index contributed by atoms with van der Waals surface area (Å²) in [6, 6.07) is 2.24. The summed E-state index contributed by atoms with van der Waals surface area (Å²) in [4.78, 5) is 24.6. The average molecular weight is 581 g/mol. The molecule has 3 heterocycles.